The fraction of sp³-hybridized carbons (Fsp3) is 0.714. The molecule has 1 aliphatic carbocycles. The van der Waals surface area contributed by atoms with Crippen LogP contribution in [0, 0.1) is 5.92 Å². The van der Waals surface area contributed by atoms with Gasteiger partial charge in [-0.05, 0) is 31.6 Å². The Morgan fingerprint density at radius 3 is 2.72 bits per heavy atom. The molecule has 100 valence electrons. The fourth-order valence-corrected chi connectivity index (χ4v) is 2.96. The van der Waals surface area contributed by atoms with Gasteiger partial charge < -0.3 is 10.7 Å². The van der Waals surface area contributed by atoms with E-state index < -0.39 is 0 Å². The first kappa shape index (κ1) is 13.3. The molecule has 3 N–H and O–H groups in total. The topological polar surface area (TPSA) is 71.8 Å². The number of hydrogen-bond acceptors (Lipinski definition) is 3. The van der Waals surface area contributed by atoms with Gasteiger partial charge >= 0.3 is 0 Å². The molecular weight excluding hydrogens is 226 g/mol. The van der Waals surface area contributed by atoms with E-state index >= 15 is 0 Å². The van der Waals surface area contributed by atoms with Crippen LogP contribution >= 0.6 is 0 Å². The van der Waals surface area contributed by atoms with E-state index in [0.29, 0.717) is 18.2 Å². The number of H-pyrrole nitrogens is 1. The average molecular weight is 249 g/mol. The Labute approximate surface area is 108 Å². The molecule has 0 bridgehead atoms. The van der Waals surface area contributed by atoms with Crippen molar-refractivity contribution in [3.05, 3.63) is 27.9 Å². The minimum absolute atomic E-state index is 0.0730. The number of rotatable bonds is 4. The Bertz CT molecular complexity index is 433. The molecule has 0 spiro atoms. The predicted octanol–water partition coefficient (Wildman–Crippen LogP) is 2.30. The van der Waals surface area contributed by atoms with Crippen molar-refractivity contribution < 1.29 is 0 Å². The summed E-state index contributed by atoms with van der Waals surface area (Å²) in [5, 5.41) is 0. The van der Waals surface area contributed by atoms with Gasteiger partial charge in [0, 0.05) is 18.5 Å². The van der Waals surface area contributed by atoms with Crippen LogP contribution in [0.2, 0.25) is 0 Å². The summed E-state index contributed by atoms with van der Waals surface area (Å²) < 4.78 is 0. The lowest BCUT2D eigenvalue weighted by atomic mass is 9.80. The van der Waals surface area contributed by atoms with Crippen LogP contribution in [0.1, 0.15) is 62.9 Å². The van der Waals surface area contributed by atoms with E-state index in [9.17, 15) is 4.79 Å². The van der Waals surface area contributed by atoms with E-state index in [1.165, 1.54) is 31.7 Å². The largest absolute Gasteiger partial charge is 0.325 e. The van der Waals surface area contributed by atoms with Crippen molar-refractivity contribution in [3.8, 4) is 0 Å². The first-order valence-electron chi connectivity index (χ1n) is 7.03. The Morgan fingerprint density at radius 2 is 2.11 bits per heavy atom. The molecule has 0 aromatic carbocycles. The molecule has 1 aliphatic rings. The lowest BCUT2D eigenvalue weighted by Gasteiger charge is -2.27. The maximum Gasteiger partial charge on any atom is 0.251 e. The SMILES string of the molecule is CCCC1CCC(c2nc(CN)cc(=O)[nH]2)CC1. The number of nitrogens with two attached hydrogens (primary N) is 1. The van der Waals surface area contributed by atoms with Gasteiger partial charge in [-0.15, -0.1) is 0 Å². The molecule has 4 nitrogen and oxygen atoms in total. The van der Waals surface area contributed by atoms with Gasteiger partial charge in [0.05, 0.1) is 5.69 Å². The second-order valence-electron chi connectivity index (χ2n) is 5.33. The van der Waals surface area contributed by atoms with Gasteiger partial charge in [-0.3, -0.25) is 4.79 Å². The normalized spacial score (nSPS) is 24.1. The lowest BCUT2D eigenvalue weighted by Crippen LogP contribution is -2.20. The maximum absolute atomic E-state index is 11.5. The molecule has 0 aliphatic heterocycles. The lowest BCUT2D eigenvalue weighted by molar-refractivity contribution is 0.301. The van der Waals surface area contributed by atoms with Crippen LogP contribution < -0.4 is 11.3 Å². The van der Waals surface area contributed by atoms with Gasteiger partial charge in [0.25, 0.3) is 5.56 Å². The van der Waals surface area contributed by atoms with Crippen molar-refractivity contribution in [2.75, 3.05) is 0 Å². The van der Waals surface area contributed by atoms with E-state index in [-0.39, 0.29) is 5.56 Å². The summed E-state index contributed by atoms with van der Waals surface area (Å²) in [6.45, 7) is 2.58. The van der Waals surface area contributed by atoms with Crippen LogP contribution in [-0.4, -0.2) is 9.97 Å². The van der Waals surface area contributed by atoms with Gasteiger partial charge in [0.2, 0.25) is 0 Å². The molecule has 1 heterocycles. The third-order valence-corrected chi connectivity index (χ3v) is 3.95. The van der Waals surface area contributed by atoms with Crippen molar-refractivity contribution in [2.24, 2.45) is 11.7 Å². The van der Waals surface area contributed by atoms with E-state index in [1.807, 2.05) is 0 Å². The second kappa shape index (κ2) is 6.14. The van der Waals surface area contributed by atoms with Crippen molar-refractivity contribution in [1.82, 2.24) is 9.97 Å². The van der Waals surface area contributed by atoms with Crippen molar-refractivity contribution >= 4 is 0 Å². The van der Waals surface area contributed by atoms with Crippen molar-refractivity contribution in [1.29, 1.82) is 0 Å². The monoisotopic (exact) mass is 249 g/mol. The third kappa shape index (κ3) is 3.19. The van der Waals surface area contributed by atoms with Crippen molar-refractivity contribution in [3.63, 3.8) is 0 Å². The summed E-state index contributed by atoms with van der Waals surface area (Å²) in [6.07, 6.45) is 7.40. The number of hydrogen-bond donors (Lipinski definition) is 2. The molecule has 1 saturated carbocycles. The van der Waals surface area contributed by atoms with Crippen LogP contribution in [-0.2, 0) is 6.54 Å². The molecule has 4 heteroatoms. The Morgan fingerprint density at radius 1 is 1.39 bits per heavy atom. The zero-order chi connectivity index (χ0) is 13.0. The van der Waals surface area contributed by atoms with E-state index in [0.717, 1.165) is 24.6 Å². The number of nitrogens with one attached hydrogen (secondary N) is 1. The van der Waals surface area contributed by atoms with Crippen LogP contribution in [0.4, 0.5) is 0 Å². The van der Waals surface area contributed by atoms with Gasteiger partial charge in [-0.2, -0.15) is 0 Å². The standard InChI is InChI=1S/C14H23N3O/c1-2-3-10-4-6-11(7-5-10)14-16-12(9-15)8-13(18)17-14/h8,10-11H,2-7,9,15H2,1H3,(H,16,17,18). The molecule has 2 rings (SSSR count). The van der Waals surface area contributed by atoms with Crippen LogP contribution in [0.15, 0.2) is 10.9 Å². The smallest absolute Gasteiger partial charge is 0.251 e. The first-order valence-corrected chi connectivity index (χ1v) is 7.03. The highest BCUT2D eigenvalue weighted by atomic mass is 16.1. The second-order valence-corrected chi connectivity index (χ2v) is 5.33. The molecule has 18 heavy (non-hydrogen) atoms. The Kier molecular flexibility index (Phi) is 4.53. The summed E-state index contributed by atoms with van der Waals surface area (Å²) in [6, 6.07) is 1.49. The number of aromatic amines is 1. The Hall–Kier alpha value is -1.16. The van der Waals surface area contributed by atoms with Gasteiger partial charge in [0.1, 0.15) is 5.82 Å². The van der Waals surface area contributed by atoms with Crippen LogP contribution in [0.5, 0.6) is 0 Å². The van der Waals surface area contributed by atoms with Gasteiger partial charge in [0.15, 0.2) is 0 Å². The number of aromatic nitrogens is 2. The summed E-state index contributed by atoms with van der Waals surface area (Å²) >= 11 is 0. The predicted molar refractivity (Wildman–Crippen MR) is 72.4 cm³/mol. The average Bonchev–Trinajstić information content (AvgIpc) is 2.39. The molecule has 0 unspecified atom stereocenters. The van der Waals surface area contributed by atoms with E-state index in [2.05, 4.69) is 16.9 Å². The van der Waals surface area contributed by atoms with Crippen molar-refractivity contribution in [2.45, 2.75) is 57.9 Å². The van der Waals surface area contributed by atoms with E-state index in [4.69, 9.17) is 5.73 Å². The minimum Gasteiger partial charge on any atom is -0.325 e. The summed E-state index contributed by atoms with van der Waals surface area (Å²) in [5.74, 6) is 2.13. The third-order valence-electron chi connectivity index (χ3n) is 3.95. The summed E-state index contributed by atoms with van der Waals surface area (Å²) in [5.41, 5.74) is 6.19. The molecular formula is C14H23N3O. The molecule has 0 atom stereocenters. The molecule has 0 radical (unpaired) electrons. The maximum atomic E-state index is 11.5. The molecule has 1 aromatic rings. The molecule has 0 saturated heterocycles. The van der Waals surface area contributed by atoms with Crippen LogP contribution in [0.25, 0.3) is 0 Å². The highest BCUT2D eigenvalue weighted by molar-refractivity contribution is 5.06. The quantitative estimate of drug-likeness (QED) is 0.860. The molecule has 0 amide bonds. The summed E-state index contributed by atoms with van der Waals surface area (Å²) in [7, 11) is 0. The van der Waals surface area contributed by atoms with Gasteiger partial charge in [-0.25, -0.2) is 4.98 Å². The zero-order valence-electron chi connectivity index (χ0n) is 11.1. The number of nitrogens with zero attached hydrogens (tertiary/aromatic N) is 1. The fourth-order valence-electron chi connectivity index (χ4n) is 2.96. The highest BCUT2D eigenvalue weighted by Crippen LogP contribution is 2.35. The van der Waals surface area contributed by atoms with Crippen LogP contribution in [0.3, 0.4) is 0 Å². The summed E-state index contributed by atoms with van der Waals surface area (Å²) in [4.78, 5) is 18.9. The molecule has 1 fully saturated rings. The minimum atomic E-state index is -0.0730. The van der Waals surface area contributed by atoms with Gasteiger partial charge in [-0.1, -0.05) is 19.8 Å². The first-order chi connectivity index (χ1) is 8.72. The highest BCUT2D eigenvalue weighted by Gasteiger charge is 2.23. The Balaban J connectivity index is 2.05. The molecule has 1 aromatic heterocycles. The van der Waals surface area contributed by atoms with E-state index in [1.54, 1.807) is 0 Å². The zero-order valence-corrected chi connectivity index (χ0v) is 11.1.